The molecular weight excluding hydrogens is 459 g/mol. The minimum atomic E-state index is -4.15. The summed E-state index contributed by atoms with van der Waals surface area (Å²) >= 11 is 0. The van der Waals surface area contributed by atoms with Crippen LogP contribution in [0.2, 0.25) is 0 Å². The van der Waals surface area contributed by atoms with E-state index in [0.717, 1.165) is 23.2 Å². The summed E-state index contributed by atoms with van der Waals surface area (Å²) in [7, 11) is -7.84. The molecule has 0 aromatic heterocycles. The number of fused-ring (bicyclic) bond motifs is 1. The van der Waals surface area contributed by atoms with Crippen molar-refractivity contribution in [3.8, 4) is 0 Å². The number of nitrogens with zero attached hydrogens (tertiary/aromatic N) is 2. The summed E-state index contributed by atoms with van der Waals surface area (Å²) in [5.74, 6) is -2.42. The first-order valence-corrected chi connectivity index (χ1v) is 13.1. The average Bonchev–Trinajstić information content (AvgIpc) is 3.36. The standard InChI is InChI=1S/C21H23FN2O6S2/c1-14-18(13-21(25)26)19-12-15(22)4-9-20(19)24(14)32(29,30)17-7-5-16(6-8-17)31(27,28)23-10-2-3-11-23/h4-9,12,14,18H,2-3,10-11,13H2,1H3,(H,25,26). The molecule has 2 aliphatic rings. The summed E-state index contributed by atoms with van der Waals surface area (Å²) in [5.41, 5.74) is 0.538. The lowest BCUT2D eigenvalue weighted by Crippen LogP contribution is -2.37. The van der Waals surface area contributed by atoms with E-state index in [4.69, 9.17) is 0 Å². The molecule has 1 fully saturated rings. The molecule has 2 atom stereocenters. The van der Waals surface area contributed by atoms with Crippen LogP contribution in [-0.4, -0.2) is 51.3 Å². The molecule has 2 unspecified atom stereocenters. The number of hydrogen-bond donors (Lipinski definition) is 1. The number of rotatable bonds is 6. The summed E-state index contributed by atoms with van der Waals surface area (Å²) in [6, 6.07) is 7.86. The second-order valence-electron chi connectivity index (χ2n) is 8.03. The second-order valence-corrected chi connectivity index (χ2v) is 11.8. The zero-order chi connectivity index (χ0) is 23.3. The number of sulfonamides is 2. The molecule has 172 valence electrons. The fourth-order valence-corrected chi connectivity index (χ4v) is 7.69. The fraction of sp³-hybridized carbons (Fsp3) is 0.381. The summed E-state index contributed by atoms with van der Waals surface area (Å²) in [6.07, 6.45) is 1.22. The van der Waals surface area contributed by atoms with Crippen LogP contribution in [0.1, 0.15) is 37.7 Å². The normalized spacial score (nSPS) is 21.6. The first-order valence-electron chi connectivity index (χ1n) is 10.2. The molecule has 0 aliphatic carbocycles. The van der Waals surface area contributed by atoms with E-state index in [9.17, 15) is 31.1 Å². The molecule has 0 radical (unpaired) electrons. The maximum absolute atomic E-state index is 13.9. The van der Waals surface area contributed by atoms with Crippen LogP contribution in [-0.2, 0) is 24.8 Å². The van der Waals surface area contributed by atoms with Gasteiger partial charge >= 0.3 is 5.97 Å². The van der Waals surface area contributed by atoms with E-state index < -0.39 is 43.8 Å². The number of carboxylic acids is 1. The molecule has 8 nitrogen and oxygen atoms in total. The molecule has 0 saturated carbocycles. The van der Waals surface area contributed by atoms with Crippen molar-refractivity contribution in [2.75, 3.05) is 17.4 Å². The van der Waals surface area contributed by atoms with Gasteiger partial charge in [0.25, 0.3) is 10.0 Å². The molecular formula is C21H23FN2O6S2. The van der Waals surface area contributed by atoms with Gasteiger partial charge in [-0.05, 0) is 67.8 Å². The predicted octanol–water partition coefficient (Wildman–Crippen LogP) is 2.77. The van der Waals surface area contributed by atoms with Crippen LogP contribution in [0.4, 0.5) is 10.1 Å². The lowest BCUT2D eigenvalue weighted by Gasteiger charge is -2.26. The van der Waals surface area contributed by atoms with Gasteiger partial charge in [0.2, 0.25) is 10.0 Å². The Morgan fingerprint density at radius 2 is 1.56 bits per heavy atom. The minimum Gasteiger partial charge on any atom is -0.481 e. The Bertz CT molecular complexity index is 1260. The third-order valence-electron chi connectivity index (χ3n) is 6.06. The Morgan fingerprint density at radius 1 is 1.00 bits per heavy atom. The quantitative estimate of drug-likeness (QED) is 0.678. The van der Waals surface area contributed by atoms with Crippen LogP contribution >= 0.6 is 0 Å². The number of benzene rings is 2. The van der Waals surface area contributed by atoms with Gasteiger partial charge in [0, 0.05) is 19.0 Å². The van der Waals surface area contributed by atoms with Crippen molar-refractivity contribution in [2.45, 2.75) is 47.9 Å². The first-order chi connectivity index (χ1) is 15.0. The number of halogens is 1. The van der Waals surface area contributed by atoms with E-state index in [-0.39, 0.29) is 21.9 Å². The number of carboxylic acid groups (broad SMARTS) is 1. The molecule has 0 spiro atoms. The predicted molar refractivity (Wildman–Crippen MR) is 115 cm³/mol. The van der Waals surface area contributed by atoms with Crippen molar-refractivity contribution in [1.82, 2.24) is 4.31 Å². The highest BCUT2D eigenvalue weighted by Gasteiger charge is 2.43. The summed E-state index contributed by atoms with van der Waals surface area (Å²) in [5, 5.41) is 9.27. The van der Waals surface area contributed by atoms with Crippen molar-refractivity contribution in [1.29, 1.82) is 0 Å². The van der Waals surface area contributed by atoms with Crippen molar-refractivity contribution in [3.05, 3.63) is 53.8 Å². The zero-order valence-corrected chi connectivity index (χ0v) is 18.9. The zero-order valence-electron chi connectivity index (χ0n) is 17.3. The van der Waals surface area contributed by atoms with Gasteiger partial charge in [0.15, 0.2) is 0 Å². The average molecular weight is 483 g/mol. The number of hydrogen-bond acceptors (Lipinski definition) is 5. The van der Waals surface area contributed by atoms with Crippen LogP contribution in [0.5, 0.6) is 0 Å². The Hall–Kier alpha value is -2.50. The van der Waals surface area contributed by atoms with E-state index in [2.05, 4.69) is 0 Å². The topological polar surface area (TPSA) is 112 Å². The van der Waals surface area contributed by atoms with Gasteiger partial charge in [0.05, 0.1) is 27.9 Å². The number of carbonyl (C=O) groups is 1. The van der Waals surface area contributed by atoms with Crippen molar-refractivity contribution < 1.29 is 31.1 Å². The van der Waals surface area contributed by atoms with E-state index in [0.29, 0.717) is 18.7 Å². The largest absolute Gasteiger partial charge is 0.481 e. The smallest absolute Gasteiger partial charge is 0.304 e. The van der Waals surface area contributed by atoms with Crippen molar-refractivity contribution in [2.24, 2.45) is 0 Å². The van der Waals surface area contributed by atoms with Gasteiger partial charge < -0.3 is 5.11 Å². The second kappa shape index (κ2) is 8.13. The lowest BCUT2D eigenvalue weighted by atomic mass is 9.93. The molecule has 2 aromatic carbocycles. The van der Waals surface area contributed by atoms with Crippen LogP contribution in [0.15, 0.2) is 52.3 Å². The highest BCUT2D eigenvalue weighted by Crippen LogP contribution is 2.45. The maximum atomic E-state index is 13.9. The molecule has 1 saturated heterocycles. The van der Waals surface area contributed by atoms with Gasteiger partial charge in [-0.2, -0.15) is 4.31 Å². The molecule has 11 heteroatoms. The summed E-state index contributed by atoms with van der Waals surface area (Å²) < 4.78 is 68.7. The third-order valence-corrected chi connectivity index (χ3v) is 9.88. The van der Waals surface area contributed by atoms with Gasteiger partial charge in [-0.15, -0.1) is 0 Å². The number of anilines is 1. The fourth-order valence-electron chi connectivity index (χ4n) is 4.46. The van der Waals surface area contributed by atoms with E-state index in [1.54, 1.807) is 6.92 Å². The summed E-state index contributed by atoms with van der Waals surface area (Å²) in [6.45, 7) is 2.45. The highest BCUT2D eigenvalue weighted by molar-refractivity contribution is 7.93. The van der Waals surface area contributed by atoms with Gasteiger partial charge in [-0.3, -0.25) is 9.10 Å². The van der Waals surface area contributed by atoms with Gasteiger partial charge in [0.1, 0.15) is 5.82 Å². The van der Waals surface area contributed by atoms with Crippen molar-refractivity contribution in [3.63, 3.8) is 0 Å². The summed E-state index contributed by atoms with van der Waals surface area (Å²) in [4.78, 5) is 11.2. The monoisotopic (exact) mass is 482 g/mol. The molecule has 32 heavy (non-hydrogen) atoms. The van der Waals surface area contributed by atoms with Crippen molar-refractivity contribution >= 4 is 31.7 Å². The Kier molecular flexibility index (Phi) is 5.76. The molecule has 4 rings (SSSR count). The molecule has 0 amide bonds. The third kappa shape index (κ3) is 3.78. The molecule has 0 bridgehead atoms. The maximum Gasteiger partial charge on any atom is 0.304 e. The Morgan fingerprint density at radius 3 is 2.12 bits per heavy atom. The van der Waals surface area contributed by atoms with Gasteiger partial charge in [-0.1, -0.05) is 0 Å². The van der Waals surface area contributed by atoms with Gasteiger partial charge in [-0.25, -0.2) is 21.2 Å². The van der Waals surface area contributed by atoms with Crippen LogP contribution in [0.25, 0.3) is 0 Å². The van der Waals surface area contributed by atoms with E-state index in [1.807, 2.05) is 0 Å². The number of aliphatic carboxylic acids is 1. The molecule has 1 N–H and O–H groups in total. The Balaban J connectivity index is 1.71. The molecule has 2 aliphatic heterocycles. The molecule has 2 heterocycles. The van der Waals surface area contributed by atoms with E-state index >= 15 is 0 Å². The first kappa shape index (κ1) is 22.7. The molecule has 2 aromatic rings. The Labute approximate surface area is 186 Å². The SMILES string of the molecule is CC1C(CC(=O)O)c2cc(F)ccc2N1S(=O)(=O)c1ccc(S(=O)(=O)N2CCCC2)cc1. The van der Waals surface area contributed by atoms with Crippen LogP contribution in [0.3, 0.4) is 0 Å². The lowest BCUT2D eigenvalue weighted by molar-refractivity contribution is -0.137. The van der Waals surface area contributed by atoms with Crippen LogP contribution < -0.4 is 4.31 Å². The minimum absolute atomic E-state index is 0.0130. The van der Waals surface area contributed by atoms with Crippen LogP contribution in [0, 0.1) is 5.82 Å². The van der Waals surface area contributed by atoms with E-state index in [1.165, 1.54) is 40.7 Å². The highest BCUT2D eigenvalue weighted by atomic mass is 32.2.